The summed E-state index contributed by atoms with van der Waals surface area (Å²) >= 11 is 0. The Kier molecular flexibility index (Phi) is 6.02. The number of fused-ring (bicyclic) bond motifs is 1. The van der Waals surface area contributed by atoms with Crippen molar-refractivity contribution in [2.24, 2.45) is 0 Å². The lowest BCUT2D eigenvalue weighted by atomic mass is 10.1. The third kappa shape index (κ3) is 5.13. The maximum atomic E-state index is 12.8. The second kappa shape index (κ2) is 9.21. The van der Waals surface area contributed by atoms with Gasteiger partial charge in [0.2, 0.25) is 17.7 Å². The van der Waals surface area contributed by atoms with E-state index in [0.717, 1.165) is 23.2 Å². The van der Waals surface area contributed by atoms with E-state index >= 15 is 0 Å². The smallest absolute Gasteiger partial charge is 0.243 e. The first-order valence-electron chi connectivity index (χ1n) is 9.94. The molecule has 0 aliphatic carbocycles. The van der Waals surface area contributed by atoms with Gasteiger partial charge >= 0.3 is 0 Å². The molecule has 2 aromatic carbocycles. The van der Waals surface area contributed by atoms with E-state index in [1.165, 1.54) is 17.3 Å². The van der Waals surface area contributed by atoms with Crippen molar-refractivity contribution in [3.05, 3.63) is 72.3 Å². The summed E-state index contributed by atoms with van der Waals surface area (Å²) in [6.07, 6.45) is 3.87. The minimum Gasteiger partial charge on any atom is -0.345 e. The highest BCUT2D eigenvalue weighted by atomic mass is 16.2. The molecule has 1 aliphatic heterocycles. The van der Waals surface area contributed by atoms with Gasteiger partial charge in [0.25, 0.3) is 0 Å². The summed E-state index contributed by atoms with van der Waals surface area (Å²) in [6, 6.07) is 15.2. The third-order valence-corrected chi connectivity index (χ3v) is 4.98. The van der Waals surface area contributed by atoms with Gasteiger partial charge in [-0.05, 0) is 29.7 Å². The Labute approximate surface area is 179 Å². The van der Waals surface area contributed by atoms with Gasteiger partial charge in [0.1, 0.15) is 19.2 Å². The van der Waals surface area contributed by atoms with Gasteiger partial charge in [-0.15, -0.1) is 0 Å². The van der Waals surface area contributed by atoms with E-state index in [1.807, 2.05) is 36.4 Å². The van der Waals surface area contributed by atoms with Crippen LogP contribution in [0, 0.1) is 0 Å². The molecule has 0 saturated heterocycles. The second-order valence-electron chi connectivity index (χ2n) is 7.22. The van der Waals surface area contributed by atoms with Crippen molar-refractivity contribution in [1.82, 2.24) is 20.1 Å². The lowest BCUT2D eigenvalue weighted by molar-refractivity contribution is -0.124. The van der Waals surface area contributed by atoms with Gasteiger partial charge in [-0.1, -0.05) is 36.4 Å². The molecule has 31 heavy (non-hydrogen) atoms. The normalized spacial score (nSPS) is 12.3. The summed E-state index contributed by atoms with van der Waals surface area (Å²) in [6.45, 7) is 0.447. The predicted octanol–water partition coefficient (Wildman–Crippen LogP) is 1.16. The maximum Gasteiger partial charge on any atom is 0.243 e. The van der Waals surface area contributed by atoms with Gasteiger partial charge in [0, 0.05) is 17.9 Å². The Morgan fingerprint density at radius 1 is 1.03 bits per heavy atom. The monoisotopic (exact) mass is 418 g/mol. The molecule has 9 heteroatoms. The summed E-state index contributed by atoms with van der Waals surface area (Å²) in [5.74, 6) is -0.673. The summed E-state index contributed by atoms with van der Waals surface area (Å²) < 4.78 is 1.37. The van der Waals surface area contributed by atoms with Crippen LogP contribution in [-0.2, 0) is 33.8 Å². The minimum absolute atomic E-state index is 0.00931. The van der Waals surface area contributed by atoms with E-state index in [1.54, 1.807) is 17.0 Å². The lowest BCUT2D eigenvalue weighted by Gasteiger charge is -2.18. The summed E-state index contributed by atoms with van der Waals surface area (Å²) in [5.41, 5.74) is 3.43. The van der Waals surface area contributed by atoms with Crippen molar-refractivity contribution < 1.29 is 14.4 Å². The number of nitrogens with zero attached hydrogens (tertiary/aromatic N) is 4. The molecule has 3 amide bonds. The van der Waals surface area contributed by atoms with Crippen LogP contribution in [0.3, 0.4) is 0 Å². The quantitative estimate of drug-likeness (QED) is 0.599. The Bertz CT molecular complexity index is 1080. The molecular weight excluding hydrogens is 396 g/mol. The van der Waals surface area contributed by atoms with Crippen LogP contribution in [0.25, 0.3) is 0 Å². The number of carbonyl (C=O) groups excluding carboxylic acids is 3. The highest BCUT2D eigenvalue weighted by molar-refractivity contribution is 5.99. The molecule has 158 valence electrons. The fourth-order valence-electron chi connectivity index (χ4n) is 3.48. The zero-order chi connectivity index (χ0) is 21.6. The van der Waals surface area contributed by atoms with Gasteiger partial charge in [0.05, 0.1) is 13.0 Å². The van der Waals surface area contributed by atoms with Crippen molar-refractivity contribution in [1.29, 1.82) is 0 Å². The van der Waals surface area contributed by atoms with Gasteiger partial charge in [0.15, 0.2) is 0 Å². The Morgan fingerprint density at radius 3 is 2.65 bits per heavy atom. The lowest BCUT2D eigenvalue weighted by Crippen LogP contribution is -2.35. The standard InChI is InChI=1S/C22H22N6O3/c29-20(12-24-21(30)13-27-15-23-14-25-27)26-18-7-6-17-8-9-28(19(17)11-18)22(31)10-16-4-2-1-3-5-16/h1-7,11,14-15H,8-10,12-13H2,(H,24,30)(H,26,29). The van der Waals surface area contributed by atoms with Crippen molar-refractivity contribution in [3.63, 3.8) is 0 Å². The molecule has 0 fully saturated rings. The number of rotatable bonds is 7. The van der Waals surface area contributed by atoms with Gasteiger partial charge in [-0.2, -0.15) is 5.10 Å². The second-order valence-corrected chi connectivity index (χ2v) is 7.22. The van der Waals surface area contributed by atoms with E-state index in [2.05, 4.69) is 20.7 Å². The largest absolute Gasteiger partial charge is 0.345 e. The number of anilines is 2. The van der Waals surface area contributed by atoms with Crippen LogP contribution in [0.5, 0.6) is 0 Å². The number of amides is 3. The van der Waals surface area contributed by atoms with E-state index in [4.69, 9.17) is 0 Å². The first-order chi connectivity index (χ1) is 15.1. The molecule has 0 atom stereocenters. The number of benzene rings is 2. The Morgan fingerprint density at radius 2 is 1.87 bits per heavy atom. The maximum absolute atomic E-state index is 12.8. The highest BCUT2D eigenvalue weighted by Gasteiger charge is 2.25. The number of carbonyl (C=O) groups is 3. The molecule has 2 N–H and O–H groups in total. The van der Waals surface area contributed by atoms with Crippen LogP contribution in [0.4, 0.5) is 11.4 Å². The third-order valence-electron chi connectivity index (χ3n) is 4.98. The fraction of sp³-hybridized carbons (Fsp3) is 0.227. The number of nitrogens with one attached hydrogen (secondary N) is 2. The zero-order valence-corrected chi connectivity index (χ0v) is 16.8. The average molecular weight is 418 g/mol. The molecule has 0 spiro atoms. The van der Waals surface area contributed by atoms with Crippen LogP contribution in [0.1, 0.15) is 11.1 Å². The van der Waals surface area contributed by atoms with Gasteiger partial charge < -0.3 is 15.5 Å². The molecule has 9 nitrogen and oxygen atoms in total. The zero-order valence-electron chi connectivity index (χ0n) is 16.8. The summed E-state index contributed by atoms with van der Waals surface area (Å²) in [4.78, 5) is 42.4. The van der Waals surface area contributed by atoms with Crippen LogP contribution in [0.2, 0.25) is 0 Å². The fourth-order valence-corrected chi connectivity index (χ4v) is 3.48. The molecule has 0 unspecified atom stereocenters. The van der Waals surface area contributed by atoms with Gasteiger partial charge in [-0.25, -0.2) is 9.67 Å². The topological polar surface area (TPSA) is 109 Å². The van der Waals surface area contributed by atoms with Crippen LogP contribution in [0.15, 0.2) is 61.2 Å². The van der Waals surface area contributed by atoms with E-state index in [-0.39, 0.29) is 30.8 Å². The van der Waals surface area contributed by atoms with Crippen LogP contribution >= 0.6 is 0 Å². The molecule has 0 bridgehead atoms. The van der Waals surface area contributed by atoms with Crippen LogP contribution < -0.4 is 15.5 Å². The molecule has 1 aromatic heterocycles. The molecule has 2 heterocycles. The summed E-state index contributed by atoms with van der Waals surface area (Å²) in [7, 11) is 0. The van der Waals surface area contributed by atoms with Gasteiger partial charge in [-0.3, -0.25) is 14.4 Å². The number of hydrogen-bond acceptors (Lipinski definition) is 5. The first kappa shape index (κ1) is 20.3. The first-order valence-corrected chi connectivity index (χ1v) is 9.94. The van der Waals surface area contributed by atoms with Crippen molar-refractivity contribution in [2.45, 2.75) is 19.4 Å². The molecule has 1 aliphatic rings. The molecule has 0 radical (unpaired) electrons. The summed E-state index contributed by atoms with van der Waals surface area (Å²) in [5, 5.41) is 9.16. The van der Waals surface area contributed by atoms with Crippen molar-refractivity contribution >= 4 is 29.1 Å². The van der Waals surface area contributed by atoms with E-state index in [0.29, 0.717) is 18.7 Å². The van der Waals surface area contributed by atoms with Crippen LogP contribution in [-0.4, -0.2) is 45.6 Å². The Hall–Kier alpha value is -4.01. The Balaban J connectivity index is 1.34. The van der Waals surface area contributed by atoms with Crippen molar-refractivity contribution in [2.75, 3.05) is 23.3 Å². The molecular formula is C22H22N6O3. The van der Waals surface area contributed by atoms with E-state index in [9.17, 15) is 14.4 Å². The minimum atomic E-state index is -0.355. The molecule has 4 rings (SSSR count). The molecule has 3 aromatic rings. The molecule has 0 saturated carbocycles. The average Bonchev–Trinajstić information content (AvgIpc) is 3.42. The SMILES string of the molecule is O=C(Cn1cncn1)NCC(=O)Nc1ccc2c(c1)N(C(=O)Cc1ccccc1)CC2. The van der Waals surface area contributed by atoms with Crippen molar-refractivity contribution in [3.8, 4) is 0 Å². The van der Waals surface area contributed by atoms with E-state index < -0.39 is 0 Å². The predicted molar refractivity (Wildman–Crippen MR) is 114 cm³/mol. The highest BCUT2D eigenvalue weighted by Crippen LogP contribution is 2.31. The number of aromatic nitrogens is 3. The number of hydrogen-bond donors (Lipinski definition) is 2.